The average Bonchev–Trinajstić information content (AvgIpc) is 1.54. The number of hydrogen-bond acceptors (Lipinski definition) is 9. The number of fused-ring (bicyclic) bond motifs is 12. The molecule has 3 aliphatic carbocycles. The van der Waals surface area contributed by atoms with E-state index < -0.39 is 16.2 Å². The molecular weight excluding hydrogens is 1870 g/mol. The SMILES string of the molecule is c1ccc(-c2ccc(-c3nc(-c4ccc5c(c4)C(c4ccccc4)(c4ccccc4)c4ccccc4-5)cc(-c4cc5ccccc5s4)n3)cc2)cc1.c1ccc(-c2cccc(-c3nc(-c4ccc5c(c4)C(c4ccccc4)(c4ccccc4)c4ccccc4-5)cc(-c4cc5ccccc5s4)n3)c2)cc1.c1ccc(-c2nc(-c3ccc4c(c3)C(c3ccccc3)(c3ccccc3)c3ccccc3-4)cc(-c3cc4ccccc4s3)n2)cc1. The molecule has 0 unspecified atom stereocenters. The predicted octanol–water partition coefficient (Wildman–Crippen LogP) is 36.5. The lowest BCUT2D eigenvalue weighted by Gasteiger charge is -2.34. The van der Waals surface area contributed by atoms with Crippen molar-refractivity contribution in [3.63, 3.8) is 0 Å². The van der Waals surface area contributed by atoms with Crippen LogP contribution in [-0.4, -0.2) is 29.9 Å². The molecule has 20 aromatic carbocycles. The molecule has 26 aromatic rings. The molecule has 0 aliphatic heterocycles. The molecule has 6 heterocycles. The highest BCUT2D eigenvalue weighted by Crippen LogP contribution is 2.61. The molecule has 6 nitrogen and oxygen atoms in total. The van der Waals surface area contributed by atoms with Crippen LogP contribution in [0.15, 0.2) is 558 Å². The Kier molecular flexibility index (Phi) is 23.2. The van der Waals surface area contributed by atoms with Crippen LogP contribution in [0.1, 0.15) is 66.8 Å². The van der Waals surface area contributed by atoms with Gasteiger partial charge in [-0.05, 0) is 217 Å². The highest BCUT2D eigenvalue weighted by Gasteiger charge is 2.50. The first-order chi connectivity index (χ1) is 74.3. The van der Waals surface area contributed by atoms with Crippen molar-refractivity contribution in [1.29, 1.82) is 0 Å². The first-order valence-electron chi connectivity index (χ1n) is 50.9. The summed E-state index contributed by atoms with van der Waals surface area (Å²) in [6, 6.07) is 200. The molecule has 0 saturated heterocycles. The third-order valence-corrected chi connectivity index (χ3v) is 33.4. The van der Waals surface area contributed by atoms with Crippen molar-refractivity contribution < 1.29 is 0 Å². The summed E-state index contributed by atoms with van der Waals surface area (Å²) in [5, 5.41) is 3.68. The van der Waals surface area contributed by atoms with Gasteiger partial charge >= 0.3 is 0 Å². The van der Waals surface area contributed by atoms with Gasteiger partial charge in [-0.2, -0.15) is 0 Å². The van der Waals surface area contributed by atoms with Gasteiger partial charge in [0.15, 0.2) is 17.5 Å². The summed E-state index contributed by atoms with van der Waals surface area (Å²) in [6.07, 6.45) is 0. The molecule has 0 bridgehead atoms. The van der Waals surface area contributed by atoms with E-state index in [9.17, 15) is 0 Å². The lowest BCUT2D eigenvalue weighted by molar-refractivity contribution is 0.768. The van der Waals surface area contributed by atoms with Gasteiger partial charge in [0.25, 0.3) is 0 Å². The van der Waals surface area contributed by atoms with E-state index in [1.54, 1.807) is 34.0 Å². The quantitative estimate of drug-likeness (QED) is 0.0904. The molecule has 0 fully saturated rings. The van der Waals surface area contributed by atoms with Gasteiger partial charge in [0.1, 0.15) is 0 Å². The third kappa shape index (κ3) is 15.9. The van der Waals surface area contributed by atoms with E-state index in [0.29, 0.717) is 11.6 Å². The largest absolute Gasteiger partial charge is 0.228 e. The average molecular weight is 1970 g/mol. The normalized spacial score (nSPS) is 12.8. The number of nitrogens with zero attached hydrogens (tertiary/aromatic N) is 6. The van der Waals surface area contributed by atoms with Gasteiger partial charge in [0, 0.05) is 47.5 Å². The molecule has 150 heavy (non-hydrogen) atoms. The molecule has 9 heteroatoms. The van der Waals surface area contributed by atoms with E-state index in [1.807, 2.05) is 24.3 Å². The Morgan fingerprint density at radius 1 is 0.133 bits per heavy atom. The smallest absolute Gasteiger partial charge is 0.160 e. The standard InChI is InChI=1S/2C49H32N2S.C43H28N2S/c1-4-15-33(16-5-1)34-18-14-19-37(29-34)48-50-44(32-45(51-48)47-31-36-17-10-13-26-46(36)52-47)35-27-28-41-40-24-11-12-25-42(40)49(43(41)30-35,38-20-6-2-7-21-38)39-22-8-3-9-23-39;1-4-14-33(15-5-1)34-24-26-35(27-25-34)48-50-44(32-45(51-48)47-31-37-16-10-13-23-46(37)52-47)36-28-29-41-40-21-11-12-22-42(40)49(43(41)30-36,38-17-6-2-7-18-38)39-19-8-3-9-20-39;1-4-14-29(15-5-1)42-44-38(28-39(45-42)41-27-31-16-10-13-23-40(31)46-41)30-24-25-35-34-21-11-12-22-36(34)43(37(35)26-30,32-17-6-2-7-18-32)33-19-8-3-9-20-33/h2*1-32H;1-28H. The van der Waals surface area contributed by atoms with Crippen molar-refractivity contribution in [2.75, 3.05) is 0 Å². The highest BCUT2D eigenvalue weighted by atomic mass is 32.1. The maximum Gasteiger partial charge on any atom is 0.160 e. The number of benzene rings is 20. The Morgan fingerprint density at radius 3 is 0.673 bits per heavy atom. The minimum atomic E-state index is -0.487. The van der Waals surface area contributed by atoms with Gasteiger partial charge in [-0.15, -0.1) is 34.0 Å². The highest BCUT2D eigenvalue weighted by molar-refractivity contribution is 7.23. The Morgan fingerprint density at radius 2 is 0.353 bits per heavy atom. The summed E-state index contributed by atoms with van der Waals surface area (Å²) in [4.78, 5) is 34.9. The summed E-state index contributed by atoms with van der Waals surface area (Å²) in [5.41, 5.74) is 37.7. The molecule has 0 N–H and O–H groups in total. The molecule has 704 valence electrons. The minimum absolute atomic E-state index is 0.464. The van der Waals surface area contributed by atoms with Crippen LogP contribution in [0.2, 0.25) is 0 Å². The Bertz CT molecular complexity index is 9340. The molecule has 0 radical (unpaired) electrons. The van der Waals surface area contributed by atoms with Crippen molar-refractivity contribution in [3.05, 3.63) is 625 Å². The fourth-order valence-corrected chi connectivity index (χ4v) is 26.3. The van der Waals surface area contributed by atoms with E-state index in [0.717, 1.165) is 93.6 Å². The number of aromatic nitrogens is 6. The van der Waals surface area contributed by atoms with E-state index in [2.05, 4.69) is 534 Å². The van der Waals surface area contributed by atoms with Gasteiger partial charge in [-0.1, -0.05) is 479 Å². The Labute approximate surface area is 883 Å². The second kappa shape index (κ2) is 38.5. The maximum absolute atomic E-state index is 5.35. The van der Waals surface area contributed by atoms with E-state index in [1.165, 1.54) is 147 Å². The van der Waals surface area contributed by atoms with E-state index >= 15 is 0 Å². The Hall–Kier alpha value is -18.5. The summed E-state index contributed by atoms with van der Waals surface area (Å²) >= 11 is 5.32. The second-order valence-electron chi connectivity index (χ2n) is 38.5. The molecular formula is C141H92N6S3. The van der Waals surface area contributed by atoms with Crippen LogP contribution >= 0.6 is 34.0 Å². The minimum Gasteiger partial charge on any atom is -0.228 e. The van der Waals surface area contributed by atoms with Gasteiger partial charge in [-0.3, -0.25) is 0 Å². The summed E-state index contributed by atoms with van der Waals surface area (Å²) in [7, 11) is 0. The molecule has 0 amide bonds. The molecule has 3 aliphatic rings. The zero-order chi connectivity index (χ0) is 99.5. The lowest BCUT2D eigenvalue weighted by atomic mass is 9.67. The molecule has 0 spiro atoms. The van der Waals surface area contributed by atoms with Crippen molar-refractivity contribution >= 4 is 64.3 Å². The topological polar surface area (TPSA) is 77.3 Å². The zero-order valence-electron chi connectivity index (χ0n) is 81.5. The van der Waals surface area contributed by atoms with Crippen LogP contribution in [0.4, 0.5) is 0 Å². The molecule has 6 aromatic heterocycles. The number of hydrogen-bond donors (Lipinski definition) is 0. The molecule has 29 rings (SSSR count). The monoisotopic (exact) mass is 1960 g/mol. The van der Waals surface area contributed by atoms with Gasteiger partial charge in [0.2, 0.25) is 0 Å². The van der Waals surface area contributed by atoms with Gasteiger partial charge in [0.05, 0.1) is 65.0 Å². The van der Waals surface area contributed by atoms with Crippen LogP contribution in [0.25, 0.3) is 186 Å². The molecule has 0 saturated carbocycles. The first-order valence-corrected chi connectivity index (χ1v) is 53.3. The van der Waals surface area contributed by atoms with Crippen molar-refractivity contribution in [3.8, 4) is 155 Å². The fraction of sp³-hybridized carbons (Fsp3) is 0.0213. The van der Waals surface area contributed by atoms with Gasteiger partial charge < -0.3 is 0 Å². The van der Waals surface area contributed by atoms with Crippen LogP contribution in [0.5, 0.6) is 0 Å². The first kappa shape index (κ1) is 90.3. The van der Waals surface area contributed by atoms with Crippen LogP contribution < -0.4 is 0 Å². The van der Waals surface area contributed by atoms with Crippen molar-refractivity contribution in [2.45, 2.75) is 16.2 Å². The predicted molar refractivity (Wildman–Crippen MR) is 624 cm³/mol. The van der Waals surface area contributed by atoms with Crippen LogP contribution in [0.3, 0.4) is 0 Å². The van der Waals surface area contributed by atoms with Crippen LogP contribution in [0, 0.1) is 0 Å². The number of rotatable bonds is 17. The van der Waals surface area contributed by atoms with Gasteiger partial charge in [-0.25, -0.2) is 29.9 Å². The second-order valence-corrected chi connectivity index (χ2v) is 41.7. The summed E-state index contributed by atoms with van der Waals surface area (Å²) in [6.45, 7) is 0. The summed E-state index contributed by atoms with van der Waals surface area (Å²) < 4.78 is 3.75. The fourth-order valence-electron chi connectivity index (χ4n) is 23.2. The molecule has 0 atom stereocenters. The third-order valence-electron chi connectivity index (χ3n) is 30.0. The van der Waals surface area contributed by atoms with Crippen molar-refractivity contribution in [2.24, 2.45) is 0 Å². The van der Waals surface area contributed by atoms with Crippen LogP contribution in [-0.2, 0) is 16.2 Å². The van der Waals surface area contributed by atoms with Crippen molar-refractivity contribution in [1.82, 2.24) is 29.9 Å². The zero-order valence-corrected chi connectivity index (χ0v) is 84.0. The van der Waals surface area contributed by atoms with E-state index in [4.69, 9.17) is 29.9 Å². The maximum atomic E-state index is 5.35. The number of thiophene rings is 3. The summed E-state index contributed by atoms with van der Waals surface area (Å²) in [5.74, 6) is 2.15. The van der Waals surface area contributed by atoms with E-state index in [-0.39, 0.29) is 0 Å². The Balaban J connectivity index is 0.000000111. The lowest BCUT2D eigenvalue weighted by Crippen LogP contribution is -2.28.